The average molecular weight is 240 g/mol. The molecule has 1 atom stereocenters. The third kappa shape index (κ3) is 4.46. The Balaban J connectivity index is 2.21. The summed E-state index contributed by atoms with van der Waals surface area (Å²) in [6.45, 7) is 5.96. The van der Waals surface area contributed by atoms with Crippen LogP contribution in [0.15, 0.2) is 0 Å². The number of carbonyl (C=O) groups is 2. The molecule has 4 nitrogen and oxygen atoms in total. The van der Waals surface area contributed by atoms with Crippen LogP contribution in [0, 0.1) is 0 Å². The van der Waals surface area contributed by atoms with Crippen LogP contribution in [0.2, 0.25) is 0 Å². The molecule has 2 amide bonds. The maximum absolute atomic E-state index is 11.4. The number of hydrogen-bond donors (Lipinski definition) is 1. The molecule has 1 heterocycles. The standard InChI is InChI=1S/C13H24N2O2/c1-3-9-14-11(4-2)6-5-10-15-12(16)7-8-13(15)17/h11,14H,3-10H2,1-2H3. The Labute approximate surface area is 104 Å². The number of carbonyl (C=O) groups excluding carboxylic acids is 2. The van der Waals surface area contributed by atoms with Crippen LogP contribution in [0.25, 0.3) is 0 Å². The number of likely N-dealkylation sites (tertiary alicyclic amines) is 1. The quantitative estimate of drug-likeness (QED) is 0.657. The van der Waals surface area contributed by atoms with E-state index in [0.29, 0.717) is 25.4 Å². The van der Waals surface area contributed by atoms with Crippen LogP contribution in [-0.4, -0.2) is 35.8 Å². The van der Waals surface area contributed by atoms with Gasteiger partial charge in [0.25, 0.3) is 0 Å². The summed E-state index contributed by atoms with van der Waals surface area (Å²) in [7, 11) is 0. The maximum Gasteiger partial charge on any atom is 0.229 e. The fraction of sp³-hybridized carbons (Fsp3) is 0.846. The molecule has 98 valence electrons. The molecule has 0 radical (unpaired) electrons. The van der Waals surface area contributed by atoms with Gasteiger partial charge in [-0.1, -0.05) is 13.8 Å². The summed E-state index contributed by atoms with van der Waals surface area (Å²) < 4.78 is 0. The van der Waals surface area contributed by atoms with Crippen molar-refractivity contribution in [3.05, 3.63) is 0 Å². The Kier molecular flexibility index (Phi) is 6.19. The lowest BCUT2D eigenvalue weighted by atomic mass is 10.1. The molecular weight excluding hydrogens is 216 g/mol. The Morgan fingerprint density at radius 2 is 1.88 bits per heavy atom. The van der Waals surface area contributed by atoms with Crippen LogP contribution in [0.3, 0.4) is 0 Å². The van der Waals surface area contributed by atoms with Crippen molar-refractivity contribution in [1.29, 1.82) is 0 Å². The predicted octanol–water partition coefficient (Wildman–Crippen LogP) is 1.69. The third-order valence-corrected chi connectivity index (χ3v) is 3.26. The van der Waals surface area contributed by atoms with Crippen molar-refractivity contribution in [2.75, 3.05) is 13.1 Å². The van der Waals surface area contributed by atoms with E-state index < -0.39 is 0 Å². The molecule has 0 aromatic rings. The zero-order chi connectivity index (χ0) is 12.7. The van der Waals surface area contributed by atoms with Gasteiger partial charge >= 0.3 is 0 Å². The van der Waals surface area contributed by atoms with Gasteiger partial charge in [-0.05, 0) is 32.2 Å². The molecule has 0 aromatic carbocycles. The van der Waals surface area contributed by atoms with Gasteiger partial charge in [0.15, 0.2) is 0 Å². The first-order chi connectivity index (χ1) is 8.19. The zero-order valence-electron chi connectivity index (χ0n) is 11.0. The van der Waals surface area contributed by atoms with E-state index in [0.717, 1.165) is 32.2 Å². The van der Waals surface area contributed by atoms with E-state index in [2.05, 4.69) is 19.2 Å². The van der Waals surface area contributed by atoms with Gasteiger partial charge in [-0.25, -0.2) is 0 Å². The van der Waals surface area contributed by atoms with Crippen LogP contribution in [-0.2, 0) is 9.59 Å². The normalized spacial score (nSPS) is 17.9. The van der Waals surface area contributed by atoms with Crippen molar-refractivity contribution >= 4 is 11.8 Å². The van der Waals surface area contributed by atoms with Crippen LogP contribution in [0.4, 0.5) is 0 Å². The lowest BCUT2D eigenvalue weighted by Gasteiger charge is -2.18. The molecule has 1 fully saturated rings. The molecule has 17 heavy (non-hydrogen) atoms. The van der Waals surface area contributed by atoms with Gasteiger partial charge in [0.2, 0.25) is 11.8 Å². The number of nitrogens with one attached hydrogen (secondary N) is 1. The lowest BCUT2D eigenvalue weighted by Crippen LogP contribution is -2.33. The minimum Gasteiger partial charge on any atom is -0.314 e. The zero-order valence-corrected chi connectivity index (χ0v) is 11.0. The number of hydrogen-bond acceptors (Lipinski definition) is 3. The van der Waals surface area contributed by atoms with E-state index in [1.165, 1.54) is 4.90 Å². The van der Waals surface area contributed by atoms with Crippen LogP contribution >= 0.6 is 0 Å². The summed E-state index contributed by atoms with van der Waals surface area (Å²) >= 11 is 0. The van der Waals surface area contributed by atoms with E-state index in [1.54, 1.807) is 0 Å². The molecule has 1 unspecified atom stereocenters. The first-order valence-electron chi connectivity index (χ1n) is 6.75. The van der Waals surface area contributed by atoms with E-state index >= 15 is 0 Å². The Morgan fingerprint density at radius 1 is 1.24 bits per heavy atom. The van der Waals surface area contributed by atoms with Crippen molar-refractivity contribution in [3.8, 4) is 0 Å². The topological polar surface area (TPSA) is 49.4 Å². The van der Waals surface area contributed by atoms with Gasteiger partial charge in [0.1, 0.15) is 0 Å². The van der Waals surface area contributed by atoms with Crippen molar-refractivity contribution in [2.24, 2.45) is 0 Å². The number of amides is 2. The Hall–Kier alpha value is -0.900. The molecule has 0 aliphatic carbocycles. The van der Waals surface area contributed by atoms with Crippen LogP contribution < -0.4 is 5.32 Å². The third-order valence-electron chi connectivity index (χ3n) is 3.26. The molecular formula is C13H24N2O2. The second-order valence-corrected chi connectivity index (χ2v) is 4.64. The Bertz CT molecular complexity index is 250. The highest BCUT2D eigenvalue weighted by Gasteiger charge is 2.28. The van der Waals surface area contributed by atoms with Gasteiger partial charge in [-0.3, -0.25) is 14.5 Å². The molecule has 1 aliphatic heterocycles. The molecule has 1 saturated heterocycles. The molecule has 0 aromatic heterocycles. The van der Waals surface area contributed by atoms with E-state index in [9.17, 15) is 9.59 Å². The number of rotatable bonds is 8. The summed E-state index contributed by atoms with van der Waals surface area (Å²) in [5.41, 5.74) is 0. The second kappa shape index (κ2) is 7.43. The van der Waals surface area contributed by atoms with Crippen molar-refractivity contribution in [3.63, 3.8) is 0 Å². The van der Waals surface area contributed by atoms with Crippen LogP contribution in [0.1, 0.15) is 52.4 Å². The first-order valence-corrected chi connectivity index (χ1v) is 6.75. The van der Waals surface area contributed by atoms with Gasteiger partial charge in [0.05, 0.1) is 0 Å². The van der Waals surface area contributed by atoms with Gasteiger partial charge < -0.3 is 5.32 Å². The van der Waals surface area contributed by atoms with E-state index in [1.807, 2.05) is 0 Å². The Morgan fingerprint density at radius 3 is 2.41 bits per heavy atom. The number of nitrogens with zero attached hydrogens (tertiary/aromatic N) is 1. The summed E-state index contributed by atoms with van der Waals surface area (Å²) in [5.74, 6) is 0.00846. The van der Waals surface area contributed by atoms with Gasteiger partial charge in [-0.15, -0.1) is 0 Å². The fourth-order valence-corrected chi connectivity index (χ4v) is 2.17. The van der Waals surface area contributed by atoms with Crippen molar-refractivity contribution in [2.45, 2.75) is 58.4 Å². The summed E-state index contributed by atoms with van der Waals surface area (Å²) in [6, 6.07) is 0.516. The van der Waals surface area contributed by atoms with E-state index in [-0.39, 0.29) is 11.8 Å². The highest BCUT2D eigenvalue weighted by molar-refractivity contribution is 6.01. The molecule has 4 heteroatoms. The van der Waals surface area contributed by atoms with Gasteiger partial charge in [0, 0.05) is 25.4 Å². The minimum atomic E-state index is 0.00423. The molecule has 0 bridgehead atoms. The molecule has 0 saturated carbocycles. The molecule has 1 N–H and O–H groups in total. The summed E-state index contributed by atoms with van der Waals surface area (Å²) in [4.78, 5) is 24.2. The van der Waals surface area contributed by atoms with Gasteiger partial charge in [-0.2, -0.15) is 0 Å². The first kappa shape index (κ1) is 14.2. The summed E-state index contributed by atoms with van der Waals surface area (Å²) in [5, 5.41) is 3.48. The van der Waals surface area contributed by atoms with Crippen molar-refractivity contribution in [1.82, 2.24) is 10.2 Å². The maximum atomic E-state index is 11.4. The predicted molar refractivity (Wildman–Crippen MR) is 67.6 cm³/mol. The SMILES string of the molecule is CCCNC(CC)CCCN1C(=O)CCC1=O. The molecule has 1 rings (SSSR count). The second-order valence-electron chi connectivity index (χ2n) is 4.64. The summed E-state index contributed by atoms with van der Waals surface area (Å²) in [6.07, 6.45) is 5.00. The fourth-order valence-electron chi connectivity index (χ4n) is 2.17. The monoisotopic (exact) mass is 240 g/mol. The van der Waals surface area contributed by atoms with Crippen molar-refractivity contribution < 1.29 is 9.59 Å². The highest BCUT2D eigenvalue weighted by atomic mass is 16.2. The van der Waals surface area contributed by atoms with Crippen LogP contribution in [0.5, 0.6) is 0 Å². The molecule has 1 aliphatic rings. The molecule has 0 spiro atoms. The lowest BCUT2D eigenvalue weighted by molar-refractivity contribution is -0.138. The largest absolute Gasteiger partial charge is 0.314 e. The smallest absolute Gasteiger partial charge is 0.229 e. The number of imide groups is 1. The average Bonchev–Trinajstić information content (AvgIpc) is 2.64. The highest BCUT2D eigenvalue weighted by Crippen LogP contribution is 2.13. The van der Waals surface area contributed by atoms with E-state index in [4.69, 9.17) is 0 Å². The minimum absolute atomic E-state index is 0.00423.